The molecule has 1 unspecified atom stereocenters. The number of likely N-dealkylation sites (tertiary alicyclic amines) is 1. The van der Waals surface area contributed by atoms with Crippen molar-refractivity contribution < 1.29 is 9.59 Å². The van der Waals surface area contributed by atoms with Crippen LogP contribution in [0.4, 0.5) is 5.82 Å². The van der Waals surface area contributed by atoms with Gasteiger partial charge >= 0.3 is 0 Å². The predicted octanol–water partition coefficient (Wildman–Crippen LogP) is 2.32. The zero-order chi connectivity index (χ0) is 21.1. The van der Waals surface area contributed by atoms with Gasteiger partial charge in [-0.25, -0.2) is 9.97 Å². The van der Waals surface area contributed by atoms with E-state index in [-0.39, 0.29) is 29.8 Å². The van der Waals surface area contributed by atoms with Crippen LogP contribution in [0.1, 0.15) is 12.8 Å². The summed E-state index contributed by atoms with van der Waals surface area (Å²) in [7, 11) is 0. The summed E-state index contributed by atoms with van der Waals surface area (Å²) in [4.78, 5) is 47.7. The van der Waals surface area contributed by atoms with Crippen molar-refractivity contribution in [3.8, 4) is 0 Å². The first-order valence-electron chi connectivity index (χ1n) is 9.66. The maximum Gasteiger partial charge on any atom is 0.269 e. The molecule has 1 aliphatic heterocycles. The topological polar surface area (TPSA) is 97.2 Å². The minimum atomic E-state index is -0.342. The fraction of sp³-hybridized carbons (Fsp3) is 0.286. The highest BCUT2D eigenvalue weighted by Gasteiger charge is 2.29. The molecular weight excluding hydrogens is 406 g/mol. The Labute approximate surface area is 177 Å². The maximum atomic E-state index is 12.9. The summed E-state index contributed by atoms with van der Waals surface area (Å²) in [5.41, 5.74) is 0.928. The maximum absolute atomic E-state index is 12.9. The van der Waals surface area contributed by atoms with E-state index in [9.17, 15) is 14.4 Å². The molecular formula is C21H20ClN5O3. The predicted molar refractivity (Wildman–Crippen MR) is 113 cm³/mol. The van der Waals surface area contributed by atoms with Crippen molar-refractivity contribution in [3.63, 3.8) is 0 Å². The quantitative estimate of drug-likeness (QED) is 0.691. The number of rotatable bonds is 4. The third-order valence-electron chi connectivity index (χ3n) is 5.17. The fourth-order valence-corrected chi connectivity index (χ4v) is 3.72. The normalized spacial score (nSPS) is 16.4. The Kier molecular flexibility index (Phi) is 5.76. The number of nitrogens with one attached hydrogen (secondary N) is 1. The molecule has 0 saturated carbocycles. The van der Waals surface area contributed by atoms with Gasteiger partial charge in [0.05, 0.1) is 28.2 Å². The molecule has 1 aliphatic rings. The van der Waals surface area contributed by atoms with E-state index in [1.807, 2.05) is 6.07 Å². The Morgan fingerprint density at radius 2 is 1.97 bits per heavy atom. The molecule has 30 heavy (non-hydrogen) atoms. The van der Waals surface area contributed by atoms with E-state index in [4.69, 9.17) is 11.6 Å². The zero-order valence-corrected chi connectivity index (χ0v) is 16.9. The van der Waals surface area contributed by atoms with Crippen LogP contribution in [0.25, 0.3) is 11.0 Å². The van der Waals surface area contributed by atoms with Gasteiger partial charge in [-0.1, -0.05) is 23.7 Å². The van der Waals surface area contributed by atoms with Crippen LogP contribution >= 0.6 is 11.6 Å². The molecule has 8 nitrogen and oxygen atoms in total. The van der Waals surface area contributed by atoms with Crippen LogP contribution in [0.3, 0.4) is 0 Å². The highest BCUT2D eigenvalue weighted by atomic mass is 35.5. The van der Waals surface area contributed by atoms with Crippen LogP contribution in [0, 0.1) is 5.92 Å². The van der Waals surface area contributed by atoms with Crippen molar-refractivity contribution in [3.05, 3.63) is 64.2 Å². The number of halogens is 1. The zero-order valence-electron chi connectivity index (χ0n) is 16.1. The number of pyridine rings is 1. The van der Waals surface area contributed by atoms with E-state index < -0.39 is 0 Å². The molecule has 1 saturated heterocycles. The van der Waals surface area contributed by atoms with Gasteiger partial charge in [0.15, 0.2) is 0 Å². The second-order valence-electron chi connectivity index (χ2n) is 7.20. The third kappa shape index (κ3) is 4.33. The lowest BCUT2D eigenvalue weighted by molar-refractivity contribution is -0.135. The molecule has 1 aromatic carbocycles. The molecule has 1 N–H and O–H groups in total. The molecule has 0 bridgehead atoms. The minimum absolute atomic E-state index is 0.0883. The smallest absolute Gasteiger partial charge is 0.269 e. The Hall–Kier alpha value is -3.26. The second kappa shape index (κ2) is 8.62. The lowest BCUT2D eigenvalue weighted by Crippen LogP contribution is -2.45. The SMILES string of the molecule is O=C(Nc1ccc(Cl)cn1)C1CCCN(C(=O)Cn2c(=O)cnc3ccccc32)C1. The first-order chi connectivity index (χ1) is 14.5. The lowest BCUT2D eigenvalue weighted by atomic mass is 9.97. The summed E-state index contributed by atoms with van der Waals surface area (Å²) in [6.07, 6.45) is 4.08. The molecule has 154 valence electrons. The van der Waals surface area contributed by atoms with Gasteiger partial charge in [0.1, 0.15) is 12.4 Å². The molecule has 1 fully saturated rings. The monoisotopic (exact) mass is 425 g/mol. The number of carbonyl (C=O) groups excluding carboxylic acids is 2. The van der Waals surface area contributed by atoms with E-state index >= 15 is 0 Å². The van der Waals surface area contributed by atoms with Crippen LogP contribution in [0.15, 0.2) is 53.6 Å². The molecule has 3 heterocycles. The van der Waals surface area contributed by atoms with Crippen LogP contribution < -0.4 is 10.9 Å². The number of carbonyl (C=O) groups is 2. The molecule has 0 aliphatic carbocycles. The number of para-hydroxylation sites is 2. The highest BCUT2D eigenvalue weighted by Crippen LogP contribution is 2.19. The summed E-state index contributed by atoms with van der Waals surface area (Å²) in [6, 6.07) is 10.5. The van der Waals surface area contributed by atoms with Crippen molar-refractivity contribution in [1.82, 2.24) is 19.4 Å². The van der Waals surface area contributed by atoms with Gasteiger partial charge in [0, 0.05) is 19.3 Å². The summed E-state index contributed by atoms with van der Waals surface area (Å²) in [6.45, 7) is 0.768. The van der Waals surface area contributed by atoms with E-state index in [2.05, 4.69) is 15.3 Å². The summed E-state index contributed by atoms with van der Waals surface area (Å²) in [5, 5.41) is 3.26. The number of aromatic nitrogens is 3. The Morgan fingerprint density at radius 1 is 1.13 bits per heavy atom. The molecule has 2 aromatic heterocycles. The lowest BCUT2D eigenvalue weighted by Gasteiger charge is -2.32. The minimum Gasteiger partial charge on any atom is -0.340 e. The van der Waals surface area contributed by atoms with Gasteiger partial charge in [-0.05, 0) is 37.1 Å². The summed E-state index contributed by atoms with van der Waals surface area (Å²) in [5.74, 6) is -0.307. The highest BCUT2D eigenvalue weighted by molar-refractivity contribution is 6.30. The van der Waals surface area contributed by atoms with Gasteiger partial charge < -0.3 is 10.2 Å². The van der Waals surface area contributed by atoms with Gasteiger partial charge in [-0.15, -0.1) is 0 Å². The third-order valence-corrected chi connectivity index (χ3v) is 5.39. The van der Waals surface area contributed by atoms with E-state index in [1.54, 1.807) is 35.2 Å². The van der Waals surface area contributed by atoms with E-state index in [0.717, 1.165) is 0 Å². The molecule has 3 aromatic rings. The van der Waals surface area contributed by atoms with Crippen molar-refractivity contribution >= 4 is 40.3 Å². The molecule has 9 heteroatoms. The first-order valence-corrected chi connectivity index (χ1v) is 10.0. The number of hydrogen-bond donors (Lipinski definition) is 1. The van der Waals surface area contributed by atoms with Crippen molar-refractivity contribution in [2.24, 2.45) is 5.92 Å². The number of anilines is 1. The Morgan fingerprint density at radius 3 is 2.77 bits per heavy atom. The van der Waals surface area contributed by atoms with Gasteiger partial charge in [-0.3, -0.25) is 19.0 Å². The number of nitrogens with zero attached hydrogens (tertiary/aromatic N) is 4. The van der Waals surface area contributed by atoms with Crippen LogP contribution in [0.2, 0.25) is 5.02 Å². The number of piperidine rings is 1. The average Bonchev–Trinajstić information content (AvgIpc) is 2.77. The molecule has 0 spiro atoms. The average molecular weight is 426 g/mol. The summed E-state index contributed by atoms with van der Waals surface area (Å²) < 4.78 is 1.42. The van der Waals surface area contributed by atoms with Crippen LogP contribution in [0.5, 0.6) is 0 Å². The number of fused-ring (bicyclic) bond motifs is 1. The Balaban J connectivity index is 1.45. The van der Waals surface area contributed by atoms with Crippen molar-refractivity contribution in [1.29, 1.82) is 0 Å². The van der Waals surface area contributed by atoms with E-state index in [1.165, 1.54) is 17.0 Å². The van der Waals surface area contributed by atoms with E-state index in [0.29, 0.717) is 47.8 Å². The van der Waals surface area contributed by atoms with Crippen molar-refractivity contribution in [2.45, 2.75) is 19.4 Å². The summed E-state index contributed by atoms with van der Waals surface area (Å²) >= 11 is 5.82. The molecule has 1 atom stereocenters. The van der Waals surface area contributed by atoms with Gasteiger partial charge in [0.2, 0.25) is 11.8 Å². The number of hydrogen-bond acceptors (Lipinski definition) is 5. The van der Waals surface area contributed by atoms with Gasteiger partial charge in [0.25, 0.3) is 5.56 Å². The number of benzene rings is 1. The van der Waals surface area contributed by atoms with Crippen LogP contribution in [-0.4, -0.2) is 44.3 Å². The molecule has 4 rings (SSSR count). The number of amides is 2. The Bertz CT molecular complexity index is 1150. The second-order valence-corrected chi connectivity index (χ2v) is 7.64. The largest absolute Gasteiger partial charge is 0.340 e. The standard InChI is InChI=1S/C21H20ClN5O3/c22-15-7-8-18(24-10-15)25-21(30)14-4-3-9-26(12-14)20(29)13-27-17-6-2-1-5-16(17)23-11-19(27)28/h1-2,5-8,10-11,14H,3-4,9,12-13H2,(H,24,25,30). The van der Waals surface area contributed by atoms with Gasteiger partial charge in [-0.2, -0.15) is 0 Å². The van der Waals surface area contributed by atoms with Crippen molar-refractivity contribution in [2.75, 3.05) is 18.4 Å². The first kappa shape index (κ1) is 20.0. The molecule has 2 amide bonds. The van der Waals surface area contributed by atoms with Crippen LogP contribution in [-0.2, 0) is 16.1 Å². The fourth-order valence-electron chi connectivity index (χ4n) is 3.61. The molecule has 0 radical (unpaired) electrons.